The molecule has 0 radical (unpaired) electrons. The zero-order valence-corrected chi connectivity index (χ0v) is 9.99. The van der Waals surface area contributed by atoms with Gasteiger partial charge in [0.2, 0.25) is 0 Å². The highest BCUT2D eigenvalue weighted by Crippen LogP contribution is 1.96. The summed E-state index contributed by atoms with van der Waals surface area (Å²) in [6.07, 6.45) is 1.14. The van der Waals surface area contributed by atoms with E-state index in [0.29, 0.717) is 13.2 Å². The van der Waals surface area contributed by atoms with Gasteiger partial charge in [0.05, 0.1) is 6.61 Å². The van der Waals surface area contributed by atoms with Crippen LogP contribution in [0.1, 0.15) is 13.3 Å². The van der Waals surface area contributed by atoms with E-state index in [-0.39, 0.29) is 5.97 Å². The Bertz CT molecular complexity index is 137. The van der Waals surface area contributed by atoms with Gasteiger partial charge in [-0.3, -0.25) is 4.79 Å². The summed E-state index contributed by atoms with van der Waals surface area (Å²) in [6.45, 7) is 7.78. The van der Waals surface area contributed by atoms with Gasteiger partial charge in [-0.1, -0.05) is 19.1 Å². The van der Waals surface area contributed by atoms with Crippen molar-refractivity contribution in [1.29, 1.82) is 0 Å². The second kappa shape index (κ2) is 8.25. The maximum absolute atomic E-state index is 10.3. The fourth-order valence-corrected chi connectivity index (χ4v) is 1.92. The summed E-state index contributed by atoms with van der Waals surface area (Å²) in [4.78, 5) is 10.3. The predicted molar refractivity (Wildman–Crippen MR) is 55.8 cm³/mol. The van der Waals surface area contributed by atoms with Crippen molar-refractivity contribution >= 4 is 14.8 Å². The SMILES string of the molecule is CC(=O)OCCOCCC[SiH](C)C. The lowest BCUT2D eigenvalue weighted by Gasteiger charge is -2.05. The quantitative estimate of drug-likeness (QED) is 0.358. The van der Waals surface area contributed by atoms with Crippen LogP contribution in [0.5, 0.6) is 0 Å². The van der Waals surface area contributed by atoms with E-state index in [4.69, 9.17) is 9.47 Å². The minimum Gasteiger partial charge on any atom is -0.463 e. The number of esters is 1. The molecule has 0 saturated heterocycles. The second-order valence-electron chi connectivity index (χ2n) is 3.49. The topological polar surface area (TPSA) is 35.5 Å². The molecule has 0 saturated carbocycles. The van der Waals surface area contributed by atoms with E-state index in [9.17, 15) is 4.79 Å². The third-order valence-corrected chi connectivity index (χ3v) is 3.17. The van der Waals surface area contributed by atoms with Crippen molar-refractivity contribution in [2.24, 2.45) is 0 Å². The van der Waals surface area contributed by atoms with E-state index in [1.165, 1.54) is 13.0 Å². The van der Waals surface area contributed by atoms with E-state index >= 15 is 0 Å². The lowest BCUT2D eigenvalue weighted by atomic mass is 10.5. The molecule has 0 aliphatic carbocycles. The number of rotatable bonds is 7. The van der Waals surface area contributed by atoms with Crippen LogP contribution in [-0.2, 0) is 14.3 Å². The van der Waals surface area contributed by atoms with Gasteiger partial charge in [0.1, 0.15) is 6.61 Å². The third kappa shape index (κ3) is 11.6. The Morgan fingerprint density at radius 3 is 2.46 bits per heavy atom. The van der Waals surface area contributed by atoms with Crippen molar-refractivity contribution in [3.8, 4) is 0 Å². The second-order valence-corrected chi connectivity index (χ2v) is 6.85. The van der Waals surface area contributed by atoms with Crippen molar-refractivity contribution in [2.45, 2.75) is 32.5 Å². The Labute approximate surface area is 82.0 Å². The number of carbonyl (C=O) groups is 1. The Kier molecular flexibility index (Phi) is 8.03. The van der Waals surface area contributed by atoms with Crippen LogP contribution >= 0.6 is 0 Å². The van der Waals surface area contributed by atoms with Crippen LogP contribution in [-0.4, -0.2) is 34.6 Å². The molecular weight excluding hydrogens is 184 g/mol. The van der Waals surface area contributed by atoms with E-state index in [0.717, 1.165) is 13.0 Å². The maximum Gasteiger partial charge on any atom is 0.302 e. The molecule has 0 aliphatic rings. The summed E-state index contributed by atoms with van der Waals surface area (Å²) in [6, 6.07) is 1.33. The molecule has 0 heterocycles. The molecule has 4 heteroatoms. The van der Waals surface area contributed by atoms with Gasteiger partial charge in [0.25, 0.3) is 0 Å². The first-order chi connectivity index (χ1) is 6.13. The number of ether oxygens (including phenoxy) is 2. The highest BCUT2D eigenvalue weighted by atomic mass is 28.3. The number of carbonyl (C=O) groups excluding carboxylic acids is 1. The molecule has 78 valence electrons. The first-order valence-corrected chi connectivity index (χ1v) is 7.96. The summed E-state index contributed by atoms with van der Waals surface area (Å²) in [7, 11) is -0.411. The monoisotopic (exact) mass is 204 g/mol. The molecule has 13 heavy (non-hydrogen) atoms. The molecule has 0 rings (SSSR count). The van der Waals surface area contributed by atoms with Gasteiger partial charge in [-0.05, 0) is 6.42 Å². The van der Waals surface area contributed by atoms with Crippen LogP contribution in [0.3, 0.4) is 0 Å². The standard InChI is InChI=1S/C9H20O3Si/c1-9(10)12-7-6-11-5-4-8-13(2)3/h13H,4-8H2,1-3H3. The average molecular weight is 204 g/mol. The van der Waals surface area contributed by atoms with E-state index < -0.39 is 8.80 Å². The Morgan fingerprint density at radius 1 is 1.23 bits per heavy atom. The zero-order valence-electron chi connectivity index (χ0n) is 8.84. The van der Waals surface area contributed by atoms with Crippen molar-refractivity contribution in [3.05, 3.63) is 0 Å². The molecule has 0 aromatic rings. The molecule has 0 N–H and O–H groups in total. The van der Waals surface area contributed by atoms with Gasteiger partial charge in [0, 0.05) is 22.3 Å². The first-order valence-electron chi connectivity index (χ1n) is 4.84. The minimum absolute atomic E-state index is 0.238. The molecule has 0 aromatic heterocycles. The molecular formula is C9H20O3Si. The van der Waals surface area contributed by atoms with Gasteiger partial charge in [-0.2, -0.15) is 0 Å². The maximum atomic E-state index is 10.3. The summed E-state index contributed by atoms with van der Waals surface area (Å²) in [5.41, 5.74) is 0. The van der Waals surface area contributed by atoms with Gasteiger partial charge >= 0.3 is 5.97 Å². The predicted octanol–water partition coefficient (Wildman–Crippen LogP) is 1.44. The van der Waals surface area contributed by atoms with E-state index in [1.54, 1.807) is 0 Å². The molecule has 0 fully saturated rings. The normalized spacial score (nSPS) is 10.5. The fraction of sp³-hybridized carbons (Fsp3) is 0.889. The average Bonchev–Trinajstić information content (AvgIpc) is 2.01. The highest BCUT2D eigenvalue weighted by molar-refractivity contribution is 6.55. The van der Waals surface area contributed by atoms with Crippen molar-refractivity contribution in [2.75, 3.05) is 19.8 Å². The molecule has 3 nitrogen and oxygen atoms in total. The van der Waals surface area contributed by atoms with Crippen LogP contribution in [0.4, 0.5) is 0 Å². The van der Waals surface area contributed by atoms with Gasteiger partial charge in [-0.15, -0.1) is 0 Å². The molecule has 0 bridgehead atoms. The van der Waals surface area contributed by atoms with Crippen molar-refractivity contribution in [1.82, 2.24) is 0 Å². The molecule has 0 spiro atoms. The smallest absolute Gasteiger partial charge is 0.302 e. The molecule has 0 aliphatic heterocycles. The zero-order chi connectivity index (χ0) is 10.1. The van der Waals surface area contributed by atoms with Crippen molar-refractivity contribution < 1.29 is 14.3 Å². The Balaban J connectivity index is 2.96. The molecule has 0 atom stereocenters. The third-order valence-electron chi connectivity index (χ3n) is 1.60. The lowest BCUT2D eigenvalue weighted by Crippen LogP contribution is -2.09. The van der Waals surface area contributed by atoms with Crippen LogP contribution < -0.4 is 0 Å². The van der Waals surface area contributed by atoms with Gasteiger partial charge in [0.15, 0.2) is 0 Å². The summed E-state index contributed by atoms with van der Waals surface area (Å²) in [5.74, 6) is -0.238. The van der Waals surface area contributed by atoms with E-state index in [1.807, 2.05) is 0 Å². The van der Waals surface area contributed by atoms with E-state index in [2.05, 4.69) is 13.1 Å². The van der Waals surface area contributed by atoms with Crippen LogP contribution in [0, 0.1) is 0 Å². The van der Waals surface area contributed by atoms with Crippen LogP contribution in [0.15, 0.2) is 0 Å². The first kappa shape index (κ1) is 12.6. The summed E-state index contributed by atoms with van der Waals surface area (Å²) >= 11 is 0. The molecule has 0 amide bonds. The van der Waals surface area contributed by atoms with Crippen molar-refractivity contribution in [3.63, 3.8) is 0 Å². The molecule has 0 unspecified atom stereocenters. The fourth-order valence-electron chi connectivity index (χ4n) is 0.940. The molecule has 0 aromatic carbocycles. The van der Waals surface area contributed by atoms with Crippen LogP contribution in [0.2, 0.25) is 19.1 Å². The number of hydrogen-bond acceptors (Lipinski definition) is 3. The lowest BCUT2D eigenvalue weighted by molar-refractivity contribution is -0.142. The summed E-state index contributed by atoms with van der Waals surface area (Å²) in [5, 5.41) is 0. The number of hydrogen-bond donors (Lipinski definition) is 0. The van der Waals surface area contributed by atoms with Gasteiger partial charge in [-0.25, -0.2) is 0 Å². The Hall–Kier alpha value is -0.353. The summed E-state index contributed by atoms with van der Waals surface area (Å²) < 4.78 is 9.99. The van der Waals surface area contributed by atoms with Gasteiger partial charge < -0.3 is 9.47 Å². The minimum atomic E-state index is -0.411. The van der Waals surface area contributed by atoms with Crippen LogP contribution in [0.25, 0.3) is 0 Å². The highest BCUT2D eigenvalue weighted by Gasteiger charge is 1.96. The Morgan fingerprint density at radius 2 is 1.92 bits per heavy atom. The largest absolute Gasteiger partial charge is 0.463 e.